The van der Waals surface area contributed by atoms with Gasteiger partial charge in [0.15, 0.2) is 0 Å². The quantitative estimate of drug-likeness (QED) is 0.0321. The smallest absolute Gasteiger partial charge is 0.305 e. The van der Waals surface area contributed by atoms with Gasteiger partial charge in [0.25, 0.3) is 0 Å². The van der Waals surface area contributed by atoms with Gasteiger partial charge in [-0.3, -0.25) is 9.59 Å². The second-order valence-corrected chi connectivity index (χ2v) is 19.6. The molecule has 0 bridgehead atoms. The molecule has 0 aliphatic carbocycles. The van der Waals surface area contributed by atoms with Crippen LogP contribution in [0.5, 0.6) is 0 Å². The van der Waals surface area contributed by atoms with Gasteiger partial charge in [-0.05, 0) is 57.8 Å². The summed E-state index contributed by atoms with van der Waals surface area (Å²) in [6.45, 7) is 4.90. The average molecular weight is 903 g/mol. The van der Waals surface area contributed by atoms with Crippen LogP contribution in [0.2, 0.25) is 0 Å². The van der Waals surface area contributed by atoms with Crippen molar-refractivity contribution in [3.8, 4) is 0 Å². The lowest BCUT2D eigenvalue weighted by Crippen LogP contribution is -2.45. The van der Waals surface area contributed by atoms with E-state index in [9.17, 15) is 19.8 Å². The van der Waals surface area contributed by atoms with E-state index in [4.69, 9.17) is 4.74 Å². The number of esters is 1. The maximum absolute atomic E-state index is 12.4. The minimum absolute atomic E-state index is 0.0116. The second kappa shape index (κ2) is 54.0. The minimum Gasteiger partial charge on any atom is -0.466 e. The molecule has 0 rings (SSSR count). The summed E-state index contributed by atoms with van der Waals surface area (Å²) in [5.74, 6) is -0.0612. The highest BCUT2D eigenvalue weighted by atomic mass is 16.5. The summed E-state index contributed by atoms with van der Waals surface area (Å²) < 4.78 is 5.46. The number of nitrogens with one attached hydrogen (secondary N) is 1. The summed E-state index contributed by atoms with van der Waals surface area (Å²) in [6.07, 6.45) is 64.9. The normalized spacial score (nSPS) is 12.8. The first-order valence-corrected chi connectivity index (χ1v) is 28.6. The summed E-state index contributed by atoms with van der Waals surface area (Å²) in [5.41, 5.74) is 0. The van der Waals surface area contributed by atoms with Gasteiger partial charge in [-0.15, -0.1) is 0 Å². The van der Waals surface area contributed by atoms with E-state index < -0.39 is 12.1 Å². The summed E-state index contributed by atoms with van der Waals surface area (Å²) in [5, 5.41) is 23.0. The Morgan fingerprint density at radius 1 is 0.422 bits per heavy atom. The molecule has 0 spiro atoms. The van der Waals surface area contributed by atoms with Gasteiger partial charge < -0.3 is 20.3 Å². The molecule has 0 aliphatic rings. The third-order valence-corrected chi connectivity index (χ3v) is 13.2. The number of rotatable bonds is 53. The van der Waals surface area contributed by atoms with Crippen molar-refractivity contribution < 1.29 is 24.5 Å². The van der Waals surface area contributed by atoms with Crippen molar-refractivity contribution in [1.82, 2.24) is 5.32 Å². The van der Waals surface area contributed by atoms with E-state index in [1.807, 2.05) is 6.08 Å². The molecular formula is C58H111NO5. The molecule has 64 heavy (non-hydrogen) atoms. The van der Waals surface area contributed by atoms with Crippen molar-refractivity contribution in [2.75, 3.05) is 13.2 Å². The van der Waals surface area contributed by atoms with Crippen LogP contribution >= 0.6 is 0 Å². The van der Waals surface area contributed by atoms with E-state index in [2.05, 4.69) is 31.3 Å². The molecule has 2 atom stereocenters. The molecule has 0 saturated heterocycles. The SMILES string of the molecule is CCCCCCCCCCCC/C=C/C(O)C(CO)NC(=O)CCCCCCCCCC/C=C\CCCCCCCCCCCCCCOC(=O)CCCCCCCCCCCCC. The van der Waals surface area contributed by atoms with Gasteiger partial charge in [-0.1, -0.05) is 263 Å². The Balaban J connectivity index is 3.41. The van der Waals surface area contributed by atoms with Crippen molar-refractivity contribution >= 4 is 11.9 Å². The molecule has 378 valence electrons. The number of ether oxygens (including phenoxy) is 1. The maximum Gasteiger partial charge on any atom is 0.305 e. The molecule has 0 radical (unpaired) electrons. The number of carbonyl (C=O) groups is 2. The molecule has 0 aromatic heterocycles. The zero-order chi connectivity index (χ0) is 46.5. The zero-order valence-electron chi connectivity index (χ0n) is 43.0. The van der Waals surface area contributed by atoms with Gasteiger partial charge in [0.1, 0.15) is 0 Å². The largest absolute Gasteiger partial charge is 0.466 e. The highest BCUT2D eigenvalue weighted by Gasteiger charge is 2.18. The molecule has 6 nitrogen and oxygen atoms in total. The number of aliphatic hydroxyl groups is 2. The lowest BCUT2D eigenvalue weighted by atomic mass is 10.0. The van der Waals surface area contributed by atoms with Crippen LogP contribution in [0.25, 0.3) is 0 Å². The lowest BCUT2D eigenvalue weighted by molar-refractivity contribution is -0.143. The fraction of sp³-hybridized carbons (Fsp3) is 0.897. The van der Waals surface area contributed by atoms with E-state index in [0.29, 0.717) is 19.4 Å². The number of amides is 1. The Bertz CT molecular complexity index is 997. The van der Waals surface area contributed by atoms with Gasteiger partial charge in [-0.2, -0.15) is 0 Å². The van der Waals surface area contributed by atoms with Crippen LogP contribution in [0.3, 0.4) is 0 Å². The highest BCUT2D eigenvalue weighted by Crippen LogP contribution is 2.16. The maximum atomic E-state index is 12.4. The van der Waals surface area contributed by atoms with Crippen molar-refractivity contribution in [2.24, 2.45) is 0 Å². The van der Waals surface area contributed by atoms with E-state index in [-0.39, 0.29) is 18.5 Å². The van der Waals surface area contributed by atoms with Gasteiger partial charge >= 0.3 is 5.97 Å². The molecule has 0 fully saturated rings. The number of hydrogen-bond acceptors (Lipinski definition) is 5. The molecule has 0 heterocycles. The van der Waals surface area contributed by atoms with Crippen molar-refractivity contribution in [2.45, 2.75) is 321 Å². The molecule has 1 amide bonds. The number of aliphatic hydroxyl groups excluding tert-OH is 2. The van der Waals surface area contributed by atoms with Crippen LogP contribution in [-0.4, -0.2) is 47.4 Å². The molecule has 0 aromatic carbocycles. The number of hydrogen-bond donors (Lipinski definition) is 3. The first-order chi connectivity index (χ1) is 31.5. The van der Waals surface area contributed by atoms with Crippen LogP contribution in [0.15, 0.2) is 24.3 Å². The third kappa shape index (κ3) is 49.8. The molecule has 0 saturated carbocycles. The summed E-state index contributed by atoms with van der Waals surface area (Å²) in [4.78, 5) is 24.4. The standard InChI is InChI=1S/C58H111NO5/c1-3-5-7-9-11-13-15-31-34-38-42-46-50-56(61)55(54-60)59-57(62)51-47-43-39-35-32-28-26-24-22-20-18-16-17-19-21-23-25-27-29-33-37-41-45-49-53-64-58(63)52-48-44-40-36-30-14-12-10-8-6-4-2/h18,20,46,50,55-56,60-61H,3-17,19,21-45,47-49,51-54H2,1-2H3,(H,59,62)/b20-18-,50-46+. The Labute approximate surface area is 399 Å². The predicted molar refractivity (Wildman–Crippen MR) is 278 cm³/mol. The Hall–Kier alpha value is -1.66. The number of carbonyl (C=O) groups excluding carboxylic acids is 2. The lowest BCUT2D eigenvalue weighted by Gasteiger charge is -2.20. The predicted octanol–water partition coefficient (Wildman–Crippen LogP) is 17.5. The monoisotopic (exact) mass is 902 g/mol. The van der Waals surface area contributed by atoms with E-state index in [0.717, 1.165) is 38.5 Å². The molecule has 6 heteroatoms. The van der Waals surface area contributed by atoms with Gasteiger partial charge in [0.2, 0.25) is 5.91 Å². The zero-order valence-corrected chi connectivity index (χ0v) is 43.0. The summed E-state index contributed by atoms with van der Waals surface area (Å²) >= 11 is 0. The Kier molecular flexibility index (Phi) is 52.6. The van der Waals surface area contributed by atoms with Crippen molar-refractivity contribution in [3.63, 3.8) is 0 Å². The first kappa shape index (κ1) is 62.3. The van der Waals surface area contributed by atoms with Crippen LogP contribution in [0.4, 0.5) is 0 Å². The van der Waals surface area contributed by atoms with E-state index >= 15 is 0 Å². The van der Waals surface area contributed by atoms with Gasteiger partial charge in [-0.25, -0.2) is 0 Å². The highest BCUT2D eigenvalue weighted by molar-refractivity contribution is 5.76. The van der Waals surface area contributed by atoms with Crippen LogP contribution < -0.4 is 5.32 Å². The van der Waals surface area contributed by atoms with Crippen LogP contribution in [0.1, 0.15) is 309 Å². The molecule has 3 N–H and O–H groups in total. The third-order valence-electron chi connectivity index (χ3n) is 13.2. The van der Waals surface area contributed by atoms with Gasteiger partial charge in [0.05, 0.1) is 25.4 Å². The molecule has 0 aliphatic heterocycles. The van der Waals surface area contributed by atoms with Crippen molar-refractivity contribution in [1.29, 1.82) is 0 Å². The van der Waals surface area contributed by atoms with E-state index in [1.54, 1.807) is 6.08 Å². The van der Waals surface area contributed by atoms with E-state index in [1.165, 1.54) is 244 Å². The molecule has 0 aromatic rings. The van der Waals surface area contributed by atoms with Crippen molar-refractivity contribution in [3.05, 3.63) is 24.3 Å². The molecular weight excluding hydrogens is 791 g/mol. The Morgan fingerprint density at radius 2 is 0.734 bits per heavy atom. The summed E-state index contributed by atoms with van der Waals surface area (Å²) in [6, 6.07) is -0.629. The summed E-state index contributed by atoms with van der Waals surface area (Å²) in [7, 11) is 0. The van der Waals surface area contributed by atoms with Crippen LogP contribution in [0, 0.1) is 0 Å². The first-order valence-electron chi connectivity index (χ1n) is 28.6. The minimum atomic E-state index is -0.845. The van der Waals surface area contributed by atoms with Crippen LogP contribution in [-0.2, 0) is 14.3 Å². The number of allylic oxidation sites excluding steroid dienone is 3. The fourth-order valence-electron chi connectivity index (χ4n) is 8.81. The average Bonchev–Trinajstić information content (AvgIpc) is 3.29. The fourth-order valence-corrected chi connectivity index (χ4v) is 8.81. The Morgan fingerprint density at radius 3 is 1.11 bits per heavy atom. The topological polar surface area (TPSA) is 95.9 Å². The molecule has 2 unspecified atom stereocenters. The number of unbranched alkanes of at least 4 members (excludes halogenated alkanes) is 40. The second-order valence-electron chi connectivity index (χ2n) is 19.6. The van der Waals surface area contributed by atoms with Gasteiger partial charge in [0, 0.05) is 12.8 Å².